The molecule has 1 aliphatic heterocycles. The Balaban J connectivity index is 1.86. The van der Waals surface area contributed by atoms with Gasteiger partial charge in [0, 0.05) is 6.54 Å². The van der Waals surface area contributed by atoms with Gasteiger partial charge in [0.25, 0.3) is 0 Å². The summed E-state index contributed by atoms with van der Waals surface area (Å²) in [6.07, 6.45) is 4.17. The third-order valence-corrected chi connectivity index (χ3v) is 3.49. The quantitative estimate of drug-likeness (QED) is 0.829. The summed E-state index contributed by atoms with van der Waals surface area (Å²) in [5.41, 5.74) is 0. The van der Waals surface area contributed by atoms with Crippen molar-refractivity contribution in [2.45, 2.75) is 38.8 Å². The standard InChI is InChI=1S/C15H24N2O3/c1-12(2)20-11-15(18)16-10-13(14-6-5-9-19-14)17-7-3-4-8-17/h5-6,9,12-13H,3-4,7-8,10-11H2,1-2H3,(H,16,18). The normalized spacial score (nSPS) is 17.6. The first kappa shape index (κ1) is 15.1. The Labute approximate surface area is 120 Å². The highest BCUT2D eigenvalue weighted by Gasteiger charge is 2.25. The molecule has 1 unspecified atom stereocenters. The summed E-state index contributed by atoms with van der Waals surface area (Å²) in [6, 6.07) is 3.98. The molecule has 0 bridgehead atoms. The third-order valence-electron chi connectivity index (χ3n) is 3.49. The van der Waals surface area contributed by atoms with E-state index in [0.29, 0.717) is 6.54 Å². The van der Waals surface area contributed by atoms with Crippen molar-refractivity contribution in [1.29, 1.82) is 0 Å². The van der Waals surface area contributed by atoms with Crippen LogP contribution >= 0.6 is 0 Å². The second-order valence-corrected chi connectivity index (χ2v) is 5.44. The minimum absolute atomic E-state index is 0.0696. The minimum Gasteiger partial charge on any atom is -0.468 e. The highest BCUT2D eigenvalue weighted by molar-refractivity contribution is 5.77. The van der Waals surface area contributed by atoms with Gasteiger partial charge in [-0.3, -0.25) is 9.69 Å². The fourth-order valence-corrected chi connectivity index (χ4v) is 2.45. The topological polar surface area (TPSA) is 54.7 Å². The van der Waals surface area contributed by atoms with Crippen LogP contribution in [0.15, 0.2) is 22.8 Å². The van der Waals surface area contributed by atoms with Gasteiger partial charge in [-0.05, 0) is 51.9 Å². The maximum absolute atomic E-state index is 11.8. The van der Waals surface area contributed by atoms with Crippen molar-refractivity contribution in [2.24, 2.45) is 0 Å². The highest BCUT2D eigenvalue weighted by atomic mass is 16.5. The van der Waals surface area contributed by atoms with Crippen LogP contribution in [0.2, 0.25) is 0 Å². The number of furan rings is 1. The van der Waals surface area contributed by atoms with Gasteiger partial charge in [0.1, 0.15) is 12.4 Å². The number of likely N-dealkylation sites (tertiary alicyclic amines) is 1. The lowest BCUT2D eigenvalue weighted by atomic mass is 10.2. The molecule has 1 N–H and O–H groups in total. The fraction of sp³-hybridized carbons (Fsp3) is 0.667. The largest absolute Gasteiger partial charge is 0.468 e. The lowest BCUT2D eigenvalue weighted by molar-refractivity contribution is -0.127. The average Bonchev–Trinajstić information content (AvgIpc) is 3.09. The van der Waals surface area contributed by atoms with E-state index in [9.17, 15) is 4.79 Å². The Morgan fingerprint density at radius 1 is 1.45 bits per heavy atom. The van der Waals surface area contributed by atoms with Crippen LogP contribution in [0.4, 0.5) is 0 Å². The van der Waals surface area contributed by atoms with Crippen LogP contribution < -0.4 is 5.32 Å². The Morgan fingerprint density at radius 2 is 2.20 bits per heavy atom. The first-order valence-electron chi connectivity index (χ1n) is 7.32. The highest BCUT2D eigenvalue weighted by Crippen LogP contribution is 2.24. The van der Waals surface area contributed by atoms with Crippen molar-refractivity contribution in [3.05, 3.63) is 24.2 Å². The Kier molecular flexibility index (Phi) is 5.61. The predicted molar refractivity (Wildman–Crippen MR) is 76.4 cm³/mol. The van der Waals surface area contributed by atoms with Crippen LogP contribution in [0, 0.1) is 0 Å². The number of rotatable bonds is 7. The molecule has 1 saturated heterocycles. The molecular formula is C15H24N2O3. The van der Waals surface area contributed by atoms with Gasteiger partial charge in [-0.2, -0.15) is 0 Å². The maximum atomic E-state index is 11.8. The van der Waals surface area contributed by atoms with E-state index < -0.39 is 0 Å². The van der Waals surface area contributed by atoms with Gasteiger partial charge in [0.15, 0.2) is 0 Å². The number of ether oxygens (including phenoxy) is 1. The molecule has 5 nitrogen and oxygen atoms in total. The molecule has 1 atom stereocenters. The molecule has 0 radical (unpaired) electrons. The molecule has 0 aromatic carbocycles. The summed E-state index contributed by atoms with van der Waals surface area (Å²) >= 11 is 0. The Morgan fingerprint density at radius 3 is 2.80 bits per heavy atom. The van der Waals surface area contributed by atoms with Crippen LogP contribution in [0.3, 0.4) is 0 Å². The van der Waals surface area contributed by atoms with Gasteiger partial charge in [0.05, 0.1) is 18.4 Å². The van der Waals surface area contributed by atoms with E-state index in [1.165, 1.54) is 12.8 Å². The molecule has 0 saturated carbocycles. The van der Waals surface area contributed by atoms with Gasteiger partial charge >= 0.3 is 0 Å². The van der Waals surface area contributed by atoms with E-state index in [0.717, 1.165) is 18.8 Å². The van der Waals surface area contributed by atoms with Crippen molar-refractivity contribution >= 4 is 5.91 Å². The number of nitrogens with zero attached hydrogens (tertiary/aromatic N) is 1. The second kappa shape index (κ2) is 7.45. The van der Waals surface area contributed by atoms with Crippen LogP contribution in [-0.2, 0) is 9.53 Å². The number of nitrogens with one attached hydrogen (secondary N) is 1. The summed E-state index contributed by atoms with van der Waals surface area (Å²) < 4.78 is 10.8. The molecule has 1 aromatic heterocycles. The molecule has 2 rings (SSSR count). The zero-order valence-corrected chi connectivity index (χ0v) is 12.3. The van der Waals surface area contributed by atoms with Crippen molar-refractivity contribution in [1.82, 2.24) is 10.2 Å². The van der Waals surface area contributed by atoms with Crippen molar-refractivity contribution in [2.75, 3.05) is 26.2 Å². The van der Waals surface area contributed by atoms with Crippen LogP contribution in [0.1, 0.15) is 38.5 Å². The van der Waals surface area contributed by atoms with E-state index >= 15 is 0 Å². The van der Waals surface area contributed by atoms with Crippen molar-refractivity contribution < 1.29 is 13.9 Å². The minimum atomic E-state index is -0.0746. The monoisotopic (exact) mass is 280 g/mol. The lowest BCUT2D eigenvalue weighted by Crippen LogP contribution is -2.38. The molecule has 0 spiro atoms. The maximum Gasteiger partial charge on any atom is 0.246 e. The second-order valence-electron chi connectivity index (χ2n) is 5.44. The molecule has 1 amide bonds. The number of carbonyl (C=O) groups excluding carboxylic acids is 1. The van der Waals surface area contributed by atoms with Crippen molar-refractivity contribution in [3.8, 4) is 0 Å². The molecule has 112 valence electrons. The summed E-state index contributed by atoms with van der Waals surface area (Å²) in [7, 11) is 0. The smallest absolute Gasteiger partial charge is 0.246 e. The fourth-order valence-electron chi connectivity index (χ4n) is 2.45. The van der Waals surface area contributed by atoms with Gasteiger partial charge in [-0.1, -0.05) is 0 Å². The summed E-state index contributed by atoms with van der Waals surface area (Å²) in [5, 5.41) is 2.94. The Hall–Kier alpha value is -1.33. The Bertz CT molecular complexity index is 397. The van der Waals surface area contributed by atoms with E-state index in [1.807, 2.05) is 26.0 Å². The molecular weight excluding hydrogens is 256 g/mol. The van der Waals surface area contributed by atoms with E-state index in [4.69, 9.17) is 9.15 Å². The molecule has 2 heterocycles. The first-order valence-corrected chi connectivity index (χ1v) is 7.32. The first-order chi connectivity index (χ1) is 9.66. The van der Waals surface area contributed by atoms with Crippen molar-refractivity contribution in [3.63, 3.8) is 0 Å². The van der Waals surface area contributed by atoms with Crippen LogP contribution in [0.25, 0.3) is 0 Å². The van der Waals surface area contributed by atoms with E-state index in [2.05, 4.69) is 10.2 Å². The summed E-state index contributed by atoms with van der Waals surface area (Å²) in [6.45, 7) is 6.64. The predicted octanol–water partition coefficient (Wildman–Crippen LogP) is 1.96. The van der Waals surface area contributed by atoms with Gasteiger partial charge in [0.2, 0.25) is 5.91 Å². The van der Waals surface area contributed by atoms with Crippen LogP contribution in [0.5, 0.6) is 0 Å². The van der Waals surface area contributed by atoms with Gasteiger partial charge in [-0.15, -0.1) is 0 Å². The van der Waals surface area contributed by atoms with E-state index in [-0.39, 0.29) is 24.7 Å². The SMILES string of the molecule is CC(C)OCC(=O)NCC(c1ccco1)N1CCCC1. The molecule has 5 heteroatoms. The lowest BCUT2D eigenvalue weighted by Gasteiger charge is -2.26. The van der Waals surface area contributed by atoms with Crippen LogP contribution in [-0.4, -0.2) is 43.2 Å². The number of amides is 1. The van der Waals surface area contributed by atoms with Gasteiger partial charge in [-0.25, -0.2) is 0 Å². The molecule has 1 fully saturated rings. The summed E-state index contributed by atoms with van der Waals surface area (Å²) in [4.78, 5) is 14.1. The zero-order chi connectivity index (χ0) is 14.4. The molecule has 0 aliphatic carbocycles. The average molecular weight is 280 g/mol. The molecule has 20 heavy (non-hydrogen) atoms. The molecule has 1 aliphatic rings. The summed E-state index contributed by atoms with van der Waals surface area (Å²) in [5.74, 6) is 0.839. The zero-order valence-electron chi connectivity index (χ0n) is 12.3. The molecule has 1 aromatic rings. The third kappa shape index (κ3) is 4.35. The number of hydrogen-bond donors (Lipinski definition) is 1. The van der Waals surface area contributed by atoms with Gasteiger partial charge < -0.3 is 14.5 Å². The number of hydrogen-bond acceptors (Lipinski definition) is 4. The van der Waals surface area contributed by atoms with E-state index in [1.54, 1.807) is 6.26 Å². The number of carbonyl (C=O) groups is 1.